The van der Waals surface area contributed by atoms with Gasteiger partial charge < -0.3 is 5.32 Å². The van der Waals surface area contributed by atoms with Gasteiger partial charge in [-0.15, -0.1) is 6.58 Å². The van der Waals surface area contributed by atoms with E-state index in [9.17, 15) is 12.8 Å². The summed E-state index contributed by atoms with van der Waals surface area (Å²) < 4.78 is 40.0. The number of hydrogen-bond acceptors (Lipinski definition) is 3. The van der Waals surface area contributed by atoms with Gasteiger partial charge in [0.05, 0.1) is 0 Å². The molecule has 22 heavy (non-hydrogen) atoms. The van der Waals surface area contributed by atoms with Crippen molar-refractivity contribution in [3.8, 4) is 0 Å². The largest absolute Gasteiger partial charge is 0.308 e. The summed E-state index contributed by atoms with van der Waals surface area (Å²) in [6.07, 6.45) is 3.80. The molecular weight excluding hydrogens is 303 g/mol. The molecule has 6 heteroatoms. The summed E-state index contributed by atoms with van der Waals surface area (Å²) in [5.41, 5.74) is 0.0802. The molecular formula is C16H21FN2O2S. The van der Waals surface area contributed by atoms with Crippen molar-refractivity contribution in [2.24, 2.45) is 5.41 Å². The summed E-state index contributed by atoms with van der Waals surface area (Å²) in [4.78, 5) is -0.223. The Hall–Kier alpha value is -1.24. The number of nitrogens with zero attached hydrogens (tertiary/aromatic N) is 1. The van der Waals surface area contributed by atoms with Crippen LogP contribution in [0.5, 0.6) is 0 Å². The van der Waals surface area contributed by atoms with Crippen molar-refractivity contribution in [3.63, 3.8) is 0 Å². The molecule has 0 amide bonds. The van der Waals surface area contributed by atoms with Crippen molar-refractivity contribution in [1.29, 1.82) is 0 Å². The Kier molecular flexibility index (Phi) is 3.87. The van der Waals surface area contributed by atoms with Crippen molar-refractivity contribution in [3.05, 3.63) is 42.7 Å². The standard InChI is InChI=1S/C16H21FN2O2S/c1-3-12(2)18-13-8-16(9-13)10-19(11-16)22(20,21)15-7-5-4-6-14(15)17/h3-7,12-13,18H,1,8-11H2,2H3/t12-/m1/s1. The predicted octanol–water partition coefficient (Wildman–Crippen LogP) is 2.14. The quantitative estimate of drug-likeness (QED) is 0.844. The predicted molar refractivity (Wildman–Crippen MR) is 83.4 cm³/mol. The van der Waals surface area contributed by atoms with Crippen LogP contribution in [0.2, 0.25) is 0 Å². The number of sulfonamides is 1. The molecule has 2 aliphatic rings. The van der Waals surface area contributed by atoms with E-state index < -0.39 is 15.8 Å². The topological polar surface area (TPSA) is 49.4 Å². The monoisotopic (exact) mass is 324 g/mol. The third-order valence-electron chi connectivity index (χ3n) is 4.69. The molecule has 0 radical (unpaired) electrons. The highest BCUT2D eigenvalue weighted by atomic mass is 32.2. The Morgan fingerprint density at radius 2 is 2.05 bits per heavy atom. The summed E-state index contributed by atoms with van der Waals surface area (Å²) in [7, 11) is -3.70. The molecule has 1 aliphatic carbocycles. The van der Waals surface area contributed by atoms with Crippen LogP contribution >= 0.6 is 0 Å². The van der Waals surface area contributed by atoms with Crippen molar-refractivity contribution in [2.75, 3.05) is 13.1 Å². The van der Waals surface area contributed by atoms with Crippen LogP contribution in [-0.4, -0.2) is 37.9 Å². The van der Waals surface area contributed by atoms with Gasteiger partial charge >= 0.3 is 0 Å². The molecule has 1 aromatic rings. The molecule has 1 saturated heterocycles. The number of rotatable bonds is 5. The van der Waals surface area contributed by atoms with Gasteiger partial charge in [0.15, 0.2) is 0 Å². The fourth-order valence-corrected chi connectivity index (χ4v) is 5.20. The van der Waals surface area contributed by atoms with Gasteiger partial charge in [-0.2, -0.15) is 4.31 Å². The average Bonchev–Trinajstić information content (AvgIpc) is 2.39. The lowest BCUT2D eigenvalue weighted by Crippen LogP contribution is -2.67. The van der Waals surface area contributed by atoms with Crippen LogP contribution in [0.3, 0.4) is 0 Å². The average molecular weight is 324 g/mol. The van der Waals surface area contributed by atoms with E-state index in [1.807, 2.05) is 13.0 Å². The molecule has 1 N–H and O–H groups in total. The molecule has 0 unspecified atom stereocenters. The first-order valence-corrected chi connectivity index (χ1v) is 8.94. The van der Waals surface area contributed by atoms with Crippen LogP contribution in [0.1, 0.15) is 19.8 Å². The van der Waals surface area contributed by atoms with Crippen LogP contribution in [0.4, 0.5) is 4.39 Å². The Morgan fingerprint density at radius 1 is 1.41 bits per heavy atom. The molecule has 4 nitrogen and oxygen atoms in total. The lowest BCUT2D eigenvalue weighted by molar-refractivity contribution is -0.0350. The molecule has 1 heterocycles. The maximum Gasteiger partial charge on any atom is 0.246 e. The minimum Gasteiger partial charge on any atom is -0.308 e. The third kappa shape index (κ3) is 2.59. The van der Waals surface area contributed by atoms with E-state index >= 15 is 0 Å². The molecule has 1 spiro atoms. The first-order chi connectivity index (χ1) is 10.4. The first kappa shape index (κ1) is 15.6. The second-order valence-electron chi connectivity index (χ2n) is 6.50. The molecule has 2 fully saturated rings. The second-order valence-corrected chi connectivity index (χ2v) is 8.41. The van der Waals surface area contributed by atoms with Gasteiger partial charge in [0.25, 0.3) is 0 Å². The van der Waals surface area contributed by atoms with Gasteiger partial charge in [0.2, 0.25) is 10.0 Å². The summed E-state index contributed by atoms with van der Waals surface area (Å²) >= 11 is 0. The Bertz CT molecular complexity index is 675. The molecule has 1 saturated carbocycles. The van der Waals surface area contributed by atoms with Gasteiger partial charge in [0, 0.05) is 30.6 Å². The van der Waals surface area contributed by atoms with Crippen molar-refractivity contribution in [2.45, 2.75) is 36.7 Å². The molecule has 0 bridgehead atoms. The Balaban J connectivity index is 1.60. The maximum absolute atomic E-state index is 13.7. The lowest BCUT2D eigenvalue weighted by atomic mass is 9.61. The summed E-state index contributed by atoms with van der Waals surface area (Å²) in [6, 6.07) is 6.24. The van der Waals surface area contributed by atoms with E-state index in [4.69, 9.17) is 0 Å². The Morgan fingerprint density at radius 3 is 2.64 bits per heavy atom. The normalized spacial score (nSPS) is 22.8. The first-order valence-electron chi connectivity index (χ1n) is 7.50. The van der Waals surface area contributed by atoms with E-state index in [-0.39, 0.29) is 16.4 Å². The van der Waals surface area contributed by atoms with Crippen LogP contribution in [-0.2, 0) is 10.0 Å². The number of benzene rings is 1. The van der Waals surface area contributed by atoms with Gasteiger partial charge in [-0.1, -0.05) is 18.2 Å². The minimum absolute atomic E-state index is 0.0802. The van der Waals surface area contributed by atoms with Gasteiger partial charge in [-0.3, -0.25) is 0 Å². The minimum atomic E-state index is -3.70. The second kappa shape index (κ2) is 5.44. The highest BCUT2D eigenvalue weighted by Crippen LogP contribution is 2.50. The van der Waals surface area contributed by atoms with Gasteiger partial charge in [-0.25, -0.2) is 12.8 Å². The third-order valence-corrected chi connectivity index (χ3v) is 6.51. The van der Waals surface area contributed by atoms with Crippen molar-refractivity contribution in [1.82, 2.24) is 9.62 Å². The molecule has 1 aliphatic heterocycles. The van der Waals surface area contributed by atoms with Crippen molar-refractivity contribution >= 4 is 10.0 Å². The van der Waals surface area contributed by atoms with Crippen LogP contribution in [0.15, 0.2) is 41.8 Å². The zero-order valence-corrected chi connectivity index (χ0v) is 13.4. The van der Waals surface area contributed by atoms with Crippen LogP contribution in [0.25, 0.3) is 0 Å². The van der Waals surface area contributed by atoms with Gasteiger partial charge in [0.1, 0.15) is 10.7 Å². The summed E-state index contributed by atoms with van der Waals surface area (Å²) in [5.74, 6) is -0.684. The molecule has 0 aromatic heterocycles. The smallest absolute Gasteiger partial charge is 0.246 e. The number of halogens is 1. The number of nitrogens with one attached hydrogen (secondary N) is 1. The molecule has 3 rings (SSSR count). The van der Waals surface area contributed by atoms with Crippen molar-refractivity contribution < 1.29 is 12.8 Å². The molecule has 120 valence electrons. The van der Waals surface area contributed by atoms with E-state index in [1.54, 1.807) is 6.07 Å². The summed E-state index contributed by atoms with van der Waals surface area (Å²) in [6.45, 7) is 6.77. The lowest BCUT2D eigenvalue weighted by Gasteiger charge is -2.58. The molecule has 1 atom stereocenters. The summed E-state index contributed by atoms with van der Waals surface area (Å²) in [5, 5.41) is 3.44. The maximum atomic E-state index is 13.7. The fourth-order valence-electron chi connectivity index (χ4n) is 3.47. The van der Waals surface area contributed by atoms with E-state index in [1.165, 1.54) is 22.5 Å². The van der Waals surface area contributed by atoms with Gasteiger partial charge in [-0.05, 0) is 31.9 Å². The zero-order chi connectivity index (χ0) is 16.0. The van der Waals surface area contributed by atoms with E-state index in [0.717, 1.165) is 12.8 Å². The van der Waals surface area contributed by atoms with E-state index in [0.29, 0.717) is 19.1 Å². The van der Waals surface area contributed by atoms with E-state index in [2.05, 4.69) is 11.9 Å². The Labute approximate surface area is 131 Å². The highest BCUT2D eigenvalue weighted by Gasteiger charge is 2.55. The van der Waals surface area contributed by atoms with Crippen LogP contribution in [0, 0.1) is 11.2 Å². The highest BCUT2D eigenvalue weighted by molar-refractivity contribution is 7.89. The SMILES string of the molecule is C=C[C@@H](C)NC1CC2(C1)CN(S(=O)(=O)c1ccccc1F)C2. The molecule has 1 aromatic carbocycles. The van der Waals surface area contributed by atoms with Crippen LogP contribution < -0.4 is 5.32 Å². The fraction of sp³-hybridized carbons (Fsp3) is 0.500. The number of hydrogen-bond donors (Lipinski definition) is 1. The zero-order valence-electron chi connectivity index (χ0n) is 12.6.